The first-order valence-corrected chi connectivity index (χ1v) is 14.0. The number of para-hydroxylation sites is 2. The van der Waals surface area contributed by atoms with E-state index in [4.69, 9.17) is 0 Å². The minimum atomic E-state index is -2.02. The lowest BCUT2D eigenvalue weighted by molar-refractivity contribution is 0.0723. The predicted octanol–water partition coefficient (Wildman–Crippen LogP) is 6.63. The summed E-state index contributed by atoms with van der Waals surface area (Å²) in [4.78, 5) is 25.5. The number of phenols is 1. The van der Waals surface area contributed by atoms with Crippen molar-refractivity contribution in [1.82, 2.24) is 19.8 Å². The van der Waals surface area contributed by atoms with Crippen LogP contribution in [0.25, 0.3) is 22.2 Å². The van der Waals surface area contributed by atoms with Crippen LogP contribution in [0.2, 0.25) is 0 Å². The number of phenolic OH excluding ortho intramolecular Hbond substituents is 1. The third kappa shape index (κ3) is 4.66. The van der Waals surface area contributed by atoms with Crippen LogP contribution in [0.5, 0.6) is 5.75 Å². The summed E-state index contributed by atoms with van der Waals surface area (Å²) in [5.74, 6) is -0.607. The maximum Gasteiger partial charge on any atom is 0.255 e. The van der Waals surface area contributed by atoms with Crippen LogP contribution in [0.15, 0.2) is 84.9 Å². The molecule has 0 saturated carbocycles. The van der Waals surface area contributed by atoms with Gasteiger partial charge in [-0.1, -0.05) is 48.5 Å². The number of likely N-dealkylation sites (tertiary alicyclic amines) is 1. The second kappa shape index (κ2) is 10.2. The summed E-state index contributed by atoms with van der Waals surface area (Å²) < 4.78 is 24.2. The fourth-order valence-corrected chi connectivity index (χ4v) is 6.11. The fourth-order valence-electron chi connectivity index (χ4n) is 6.11. The normalized spacial score (nSPS) is 18.0. The van der Waals surface area contributed by atoms with Crippen molar-refractivity contribution in [3.63, 3.8) is 0 Å². The van der Waals surface area contributed by atoms with Gasteiger partial charge in [-0.05, 0) is 97.5 Å². The number of rotatable bonds is 5. The van der Waals surface area contributed by atoms with Gasteiger partial charge in [0.25, 0.3) is 5.91 Å². The zero-order valence-electron chi connectivity index (χ0n) is 23.8. The quantitative estimate of drug-likeness (QED) is 0.259. The number of carbonyl (C=O) groups is 1. The van der Waals surface area contributed by atoms with Gasteiger partial charge >= 0.3 is 0 Å². The Morgan fingerprint density at radius 3 is 2.54 bits per heavy atom. The molecule has 2 N–H and O–H groups in total. The molecule has 1 unspecified atom stereocenters. The number of hydrogen-bond donors (Lipinski definition) is 2. The molecule has 7 rings (SSSR count). The highest BCUT2D eigenvalue weighted by molar-refractivity contribution is 6.00. The molecule has 0 spiro atoms. The minimum Gasteiger partial charge on any atom is -0.508 e. The average molecular weight is 548 g/mol. The number of aromatic hydroxyl groups is 1. The summed E-state index contributed by atoms with van der Waals surface area (Å²) in [5.41, 5.74) is 5.73. The third-order valence-corrected chi connectivity index (χ3v) is 8.45. The van der Waals surface area contributed by atoms with Gasteiger partial charge in [-0.25, -0.2) is 9.37 Å². The summed E-state index contributed by atoms with van der Waals surface area (Å²) in [5, 5.41) is 10.8. The molecule has 1 atom stereocenters. The number of hydrogen-bond acceptors (Lipinski definition) is 4. The van der Waals surface area contributed by atoms with Gasteiger partial charge in [0.1, 0.15) is 23.4 Å². The number of imidazole rings is 1. The number of amides is 1. The van der Waals surface area contributed by atoms with Gasteiger partial charge in [-0.2, -0.15) is 0 Å². The molecule has 0 bridgehead atoms. The van der Waals surface area contributed by atoms with Gasteiger partial charge in [0, 0.05) is 17.7 Å². The first kappa shape index (κ1) is 24.3. The molecular formula is C34H31FN4O2. The number of aromatic amines is 1. The largest absolute Gasteiger partial charge is 0.508 e. The van der Waals surface area contributed by atoms with E-state index in [1.165, 1.54) is 16.5 Å². The van der Waals surface area contributed by atoms with Crippen molar-refractivity contribution in [1.29, 1.82) is 0 Å². The number of aromatic nitrogens is 2. The Morgan fingerprint density at radius 2 is 1.76 bits per heavy atom. The lowest BCUT2D eigenvalue weighted by Gasteiger charge is -2.29. The highest BCUT2D eigenvalue weighted by Crippen LogP contribution is 2.40. The smallest absolute Gasteiger partial charge is 0.255 e. The Labute approximate surface area is 239 Å². The van der Waals surface area contributed by atoms with Gasteiger partial charge in [-0.3, -0.25) is 4.79 Å². The van der Waals surface area contributed by atoms with Crippen LogP contribution in [0.3, 0.4) is 0 Å². The maximum atomic E-state index is 14.5. The van der Waals surface area contributed by atoms with E-state index >= 15 is 0 Å². The molecule has 206 valence electrons. The molecule has 0 radical (unpaired) electrons. The molecule has 6 nitrogen and oxygen atoms in total. The second-order valence-electron chi connectivity index (χ2n) is 11.1. The molecule has 2 aliphatic rings. The molecule has 0 aliphatic carbocycles. The van der Waals surface area contributed by atoms with Gasteiger partial charge in [0.15, 0.2) is 0 Å². The van der Waals surface area contributed by atoms with Crippen molar-refractivity contribution in [3.8, 4) is 16.9 Å². The zero-order chi connectivity index (χ0) is 29.0. The van der Waals surface area contributed by atoms with Crippen LogP contribution >= 0.6 is 0 Å². The van der Waals surface area contributed by atoms with E-state index < -0.39 is 11.8 Å². The standard InChI is InChI=1S/C34H31FN4O2/c1-38-16-14-23(15-17-38)21-6-8-22(9-7-21)24-10-11-25-20-39(34(41)27(25)18-24)32(28-19-26(35)12-13-31(28)40)33-36-29-4-2-3-5-30(29)37-33/h2-13,18-19,23,32,40H,14-17,20H2,1H3,(H,36,37)/i32D. The maximum absolute atomic E-state index is 14.5. The molecular weight excluding hydrogens is 515 g/mol. The predicted molar refractivity (Wildman–Crippen MR) is 157 cm³/mol. The highest BCUT2D eigenvalue weighted by Gasteiger charge is 2.37. The highest BCUT2D eigenvalue weighted by atomic mass is 19.1. The van der Waals surface area contributed by atoms with E-state index in [-0.39, 0.29) is 29.6 Å². The Balaban J connectivity index is 1.25. The Morgan fingerprint density at radius 1 is 1.00 bits per heavy atom. The van der Waals surface area contributed by atoms with Crippen LogP contribution in [0, 0.1) is 5.82 Å². The van der Waals surface area contributed by atoms with E-state index in [2.05, 4.69) is 46.2 Å². The molecule has 7 heteroatoms. The summed E-state index contributed by atoms with van der Waals surface area (Å²) in [6, 6.07) is 23.1. The van der Waals surface area contributed by atoms with Crippen LogP contribution in [0.1, 0.15) is 59.0 Å². The van der Waals surface area contributed by atoms with Crippen LogP contribution in [-0.2, 0) is 6.54 Å². The molecule has 2 aliphatic heterocycles. The molecule has 1 aromatic heterocycles. The van der Waals surface area contributed by atoms with Crippen molar-refractivity contribution >= 4 is 16.9 Å². The summed E-state index contributed by atoms with van der Waals surface area (Å²) in [6.07, 6.45) is 2.31. The number of fused-ring (bicyclic) bond motifs is 2. The summed E-state index contributed by atoms with van der Waals surface area (Å²) in [6.45, 7) is 2.32. The Hall–Kier alpha value is -4.49. The third-order valence-electron chi connectivity index (χ3n) is 8.45. The number of piperidine rings is 1. The van der Waals surface area contributed by atoms with E-state index in [0.717, 1.165) is 54.8 Å². The minimum absolute atomic E-state index is 0.0626. The van der Waals surface area contributed by atoms with Crippen molar-refractivity contribution in [3.05, 3.63) is 119 Å². The van der Waals surface area contributed by atoms with E-state index in [1.807, 2.05) is 36.4 Å². The number of carbonyl (C=O) groups excluding carboxylic acids is 1. The van der Waals surface area contributed by atoms with E-state index in [9.17, 15) is 15.7 Å². The zero-order valence-corrected chi connectivity index (χ0v) is 22.8. The van der Waals surface area contributed by atoms with E-state index in [0.29, 0.717) is 22.5 Å². The lowest BCUT2D eigenvalue weighted by atomic mass is 9.88. The van der Waals surface area contributed by atoms with Gasteiger partial charge < -0.3 is 19.9 Å². The second-order valence-corrected chi connectivity index (χ2v) is 11.1. The van der Waals surface area contributed by atoms with Gasteiger partial charge in [-0.15, -0.1) is 0 Å². The van der Waals surface area contributed by atoms with Crippen LogP contribution < -0.4 is 0 Å². The SMILES string of the molecule is [2H]C(c1nc2ccccc2[nH]1)(c1cc(F)ccc1O)N1Cc2ccc(-c3ccc(C4CCN(C)CC4)cc3)cc2C1=O. The molecule has 1 fully saturated rings. The van der Waals surface area contributed by atoms with Crippen LogP contribution in [-0.4, -0.2) is 50.9 Å². The Bertz CT molecular complexity index is 1780. The van der Waals surface area contributed by atoms with Crippen molar-refractivity contribution < 1.29 is 15.7 Å². The van der Waals surface area contributed by atoms with E-state index in [1.54, 1.807) is 6.07 Å². The molecule has 5 aromatic rings. The van der Waals surface area contributed by atoms with Crippen molar-refractivity contribution in [2.45, 2.75) is 31.3 Å². The first-order valence-electron chi connectivity index (χ1n) is 14.5. The molecule has 3 heterocycles. The summed E-state index contributed by atoms with van der Waals surface area (Å²) in [7, 11) is 2.16. The molecule has 4 aromatic carbocycles. The molecule has 1 amide bonds. The van der Waals surface area contributed by atoms with Gasteiger partial charge in [0.2, 0.25) is 0 Å². The van der Waals surface area contributed by atoms with Crippen LogP contribution in [0.4, 0.5) is 4.39 Å². The van der Waals surface area contributed by atoms with Crippen molar-refractivity contribution in [2.24, 2.45) is 0 Å². The topological polar surface area (TPSA) is 72.5 Å². The first-order chi connectivity index (χ1) is 20.3. The van der Waals surface area contributed by atoms with Gasteiger partial charge in [0.05, 0.1) is 12.4 Å². The number of benzene rings is 4. The van der Waals surface area contributed by atoms with Crippen molar-refractivity contribution in [2.75, 3.05) is 20.1 Å². The number of nitrogens with one attached hydrogen (secondary N) is 1. The summed E-state index contributed by atoms with van der Waals surface area (Å²) >= 11 is 0. The number of halogens is 1. The monoisotopic (exact) mass is 547 g/mol. The lowest BCUT2D eigenvalue weighted by Crippen LogP contribution is -2.31. The number of H-pyrrole nitrogens is 1. The average Bonchev–Trinajstić information content (AvgIpc) is 3.60. The fraction of sp³-hybridized carbons (Fsp3) is 0.235. The molecule has 41 heavy (non-hydrogen) atoms. The molecule has 1 saturated heterocycles. The Kier molecular flexibility index (Phi) is 6.03. The number of nitrogens with zero attached hydrogens (tertiary/aromatic N) is 3.